The number of aromatic nitrogens is 2. The van der Waals surface area contributed by atoms with E-state index >= 15 is 0 Å². The quantitative estimate of drug-likeness (QED) is 0.769. The summed E-state index contributed by atoms with van der Waals surface area (Å²) in [5.41, 5.74) is 7.36. The molecular weight excluding hydrogens is 174 g/mol. The van der Waals surface area contributed by atoms with Gasteiger partial charge >= 0.3 is 0 Å². The molecule has 0 aromatic carbocycles. The maximum absolute atomic E-state index is 6.03. The van der Waals surface area contributed by atoms with Crippen LogP contribution in [-0.2, 0) is 13.5 Å². The fraction of sp³-hybridized carbons (Fsp3) is 0.727. The Balaban J connectivity index is 1.67. The van der Waals surface area contributed by atoms with E-state index in [2.05, 4.69) is 11.3 Å². The summed E-state index contributed by atoms with van der Waals surface area (Å²) in [4.78, 5) is 0. The molecule has 78 valence electrons. The maximum Gasteiger partial charge on any atom is 0.0521 e. The largest absolute Gasteiger partial charge is 0.327 e. The van der Waals surface area contributed by atoms with E-state index in [0.717, 1.165) is 12.3 Å². The van der Waals surface area contributed by atoms with E-state index in [1.165, 1.54) is 31.2 Å². The summed E-state index contributed by atoms with van der Waals surface area (Å²) < 4.78 is 1.86. The highest BCUT2D eigenvalue weighted by molar-refractivity contribution is 5.03. The number of hydrogen-bond acceptors (Lipinski definition) is 2. The van der Waals surface area contributed by atoms with Gasteiger partial charge in [0.25, 0.3) is 0 Å². The van der Waals surface area contributed by atoms with E-state index in [4.69, 9.17) is 5.73 Å². The van der Waals surface area contributed by atoms with Gasteiger partial charge in [0.05, 0.1) is 6.20 Å². The Hall–Kier alpha value is -0.830. The topological polar surface area (TPSA) is 43.8 Å². The first-order valence-corrected chi connectivity index (χ1v) is 5.49. The van der Waals surface area contributed by atoms with Gasteiger partial charge in [-0.2, -0.15) is 5.10 Å². The second-order valence-corrected chi connectivity index (χ2v) is 4.42. The van der Waals surface area contributed by atoms with Gasteiger partial charge in [0, 0.05) is 19.3 Å². The first kappa shape index (κ1) is 9.71. The van der Waals surface area contributed by atoms with Crippen LogP contribution in [0.3, 0.4) is 0 Å². The highest BCUT2D eigenvalue weighted by atomic mass is 15.2. The number of rotatable bonds is 5. The highest BCUT2D eigenvalue weighted by Gasteiger charge is 2.27. The minimum Gasteiger partial charge on any atom is -0.327 e. The average Bonchev–Trinajstić information content (AvgIpc) is 2.92. The van der Waals surface area contributed by atoms with E-state index in [0.29, 0.717) is 6.04 Å². The molecule has 3 heteroatoms. The minimum atomic E-state index is 0.451. The number of hydrogen-bond donors (Lipinski definition) is 1. The predicted molar refractivity (Wildman–Crippen MR) is 56.8 cm³/mol. The van der Waals surface area contributed by atoms with Crippen molar-refractivity contribution in [2.75, 3.05) is 0 Å². The fourth-order valence-electron chi connectivity index (χ4n) is 1.90. The Labute approximate surface area is 85.3 Å². The SMILES string of the molecule is Cn1cc(CCCC(N)C2CC2)cn1. The van der Waals surface area contributed by atoms with Crippen LogP contribution in [0.25, 0.3) is 0 Å². The molecule has 1 aliphatic carbocycles. The van der Waals surface area contributed by atoms with Gasteiger partial charge in [0.2, 0.25) is 0 Å². The summed E-state index contributed by atoms with van der Waals surface area (Å²) in [7, 11) is 1.96. The Morgan fingerprint density at radius 1 is 1.64 bits per heavy atom. The van der Waals surface area contributed by atoms with Gasteiger partial charge in [-0.1, -0.05) is 0 Å². The van der Waals surface area contributed by atoms with E-state index in [1.54, 1.807) is 0 Å². The van der Waals surface area contributed by atoms with E-state index in [9.17, 15) is 0 Å². The van der Waals surface area contributed by atoms with E-state index in [1.807, 2.05) is 17.9 Å². The Morgan fingerprint density at radius 3 is 3.00 bits per heavy atom. The molecular formula is C11H19N3. The van der Waals surface area contributed by atoms with Gasteiger partial charge in [-0.15, -0.1) is 0 Å². The lowest BCUT2D eigenvalue weighted by atomic mass is 10.0. The summed E-state index contributed by atoms with van der Waals surface area (Å²) in [5.74, 6) is 0.837. The molecule has 0 amide bonds. The van der Waals surface area contributed by atoms with E-state index < -0.39 is 0 Å². The number of aryl methyl sites for hydroxylation is 2. The summed E-state index contributed by atoms with van der Waals surface area (Å²) in [6, 6.07) is 0.451. The molecule has 14 heavy (non-hydrogen) atoms. The first-order valence-electron chi connectivity index (χ1n) is 5.49. The molecule has 1 aromatic heterocycles. The van der Waals surface area contributed by atoms with Crippen LogP contribution in [0.2, 0.25) is 0 Å². The molecule has 0 bridgehead atoms. The molecule has 0 saturated heterocycles. The summed E-state index contributed by atoms with van der Waals surface area (Å²) in [6.07, 6.45) is 10.2. The average molecular weight is 193 g/mol. The molecule has 1 unspecified atom stereocenters. The minimum absolute atomic E-state index is 0.451. The Bertz CT molecular complexity index is 288. The Morgan fingerprint density at radius 2 is 2.43 bits per heavy atom. The lowest BCUT2D eigenvalue weighted by Gasteiger charge is -2.08. The van der Waals surface area contributed by atoms with Crippen molar-refractivity contribution in [3.63, 3.8) is 0 Å². The van der Waals surface area contributed by atoms with Gasteiger partial charge < -0.3 is 5.73 Å². The van der Waals surface area contributed by atoms with Crippen LogP contribution in [-0.4, -0.2) is 15.8 Å². The zero-order chi connectivity index (χ0) is 9.97. The maximum atomic E-state index is 6.03. The molecule has 1 saturated carbocycles. The molecule has 2 N–H and O–H groups in total. The number of nitrogens with two attached hydrogens (primary N) is 1. The lowest BCUT2D eigenvalue weighted by molar-refractivity contribution is 0.528. The van der Waals surface area contributed by atoms with Crippen molar-refractivity contribution in [3.8, 4) is 0 Å². The summed E-state index contributed by atoms with van der Waals surface area (Å²) in [5, 5.41) is 4.15. The first-order chi connectivity index (χ1) is 6.75. The zero-order valence-electron chi connectivity index (χ0n) is 8.82. The normalized spacial score (nSPS) is 18.4. The molecule has 1 aliphatic rings. The monoisotopic (exact) mass is 193 g/mol. The predicted octanol–water partition coefficient (Wildman–Crippen LogP) is 1.48. The second kappa shape index (κ2) is 4.13. The fourth-order valence-corrected chi connectivity index (χ4v) is 1.90. The second-order valence-electron chi connectivity index (χ2n) is 4.42. The van der Waals surface area contributed by atoms with Crippen LogP contribution in [0.1, 0.15) is 31.2 Å². The standard InChI is InChI=1S/C11H19N3/c1-14-8-9(7-13-14)3-2-4-11(12)10-5-6-10/h7-8,10-11H,2-6,12H2,1H3. The molecule has 1 fully saturated rings. The van der Waals surface area contributed by atoms with Crippen LogP contribution in [0.15, 0.2) is 12.4 Å². The van der Waals surface area contributed by atoms with Crippen molar-refractivity contribution in [3.05, 3.63) is 18.0 Å². The third-order valence-corrected chi connectivity index (χ3v) is 2.99. The molecule has 0 spiro atoms. The van der Waals surface area contributed by atoms with Crippen molar-refractivity contribution >= 4 is 0 Å². The van der Waals surface area contributed by atoms with Crippen LogP contribution < -0.4 is 5.73 Å². The third-order valence-electron chi connectivity index (χ3n) is 2.99. The van der Waals surface area contributed by atoms with Gasteiger partial charge in [-0.05, 0) is 43.6 Å². The van der Waals surface area contributed by atoms with Crippen LogP contribution >= 0.6 is 0 Å². The molecule has 1 heterocycles. The summed E-state index contributed by atoms with van der Waals surface area (Å²) >= 11 is 0. The molecule has 2 rings (SSSR count). The smallest absolute Gasteiger partial charge is 0.0521 e. The third kappa shape index (κ3) is 2.58. The van der Waals surface area contributed by atoms with Crippen molar-refractivity contribution < 1.29 is 0 Å². The van der Waals surface area contributed by atoms with Crippen LogP contribution in [0, 0.1) is 5.92 Å². The van der Waals surface area contributed by atoms with Crippen LogP contribution in [0.5, 0.6) is 0 Å². The lowest BCUT2D eigenvalue weighted by Crippen LogP contribution is -2.22. The molecule has 1 aromatic rings. The highest BCUT2D eigenvalue weighted by Crippen LogP contribution is 2.33. The zero-order valence-corrected chi connectivity index (χ0v) is 8.82. The Kier molecular flexibility index (Phi) is 2.87. The molecule has 1 atom stereocenters. The summed E-state index contributed by atoms with van der Waals surface area (Å²) in [6.45, 7) is 0. The number of nitrogens with zero attached hydrogens (tertiary/aromatic N) is 2. The molecule has 0 aliphatic heterocycles. The van der Waals surface area contributed by atoms with E-state index in [-0.39, 0.29) is 0 Å². The molecule has 3 nitrogen and oxygen atoms in total. The van der Waals surface area contributed by atoms with Crippen molar-refractivity contribution in [1.29, 1.82) is 0 Å². The van der Waals surface area contributed by atoms with Crippen molar-refractivity contribution in [1.82, 2.24) is 9.78 Å². The van der Waals surface area contributed by atoms with Crippen molar-refractivity contribution in [2.24, 2.45) is 18.7 Å². The van der Waals surface area contributed by atoms with Gasteiger partial charge in [0.15, 0.2) is 0 Å². The van der Waals surface area contributed by atoms with Gasteiger partial charge in [-0.25, -0.2) is 0 Å². The van der Waals surface area contributed by atoms with Gasteiger partial charge in [0.1, 0.15) is 0 Å². The van der Waals surface area contributed by atoms with Gasteiger partial charge in [-0.3, -0.25) is 4.68 Å². The molecule has 0 radical (unpaired) electrons. The van der Waals surface area contributed by atoms with Crippen LogP contribution in [0.4, 0.5) is 0 Å². The van der Waals surface area contributed by atoms with Crippen molar-refractivity contribution in [2.45, 2.75) is 38.1 Å².